The van der Waals surface area contributed by atoms with Gasteiger partial charge in [-0.15, -0.1) is 11.6 Å². The molecule has 1 fully saturated rings. The summed E-state index contributed by atoms with van der Waals surface area (Å²) in [6.45, 7) is 1.26. The van der Waals surface area contributed by atoms with E-state index in [0.29, 0.717) is 24.4 Å². The maximum Gasteiger partial charge on any atom is 0.253 e. The number of carbonyl (C=O) groups is 2. The molecule has 1 aromatic rings. The highest BCUT2D eigenvalue weighted by Crippen LogP contribution is 2.17. The highest BCUT2D eigenvalue weighted by atomic mass is 35.5. The van der Waals surface area contributed by atoms with Gasteiger partial charge in [-0.25, -0.2) is 0 Å². The maximum atomic E-state index is 12.4. The number of likely N-dealkylation sites (tertiary alicyclic amines) is 1. The molecule has 0 atom stereocenters. The summed E-state index contributed by atoms with van der Waals surface area (Å²) in [5, 5.41) is 2.86. The molecule has 0 radical (unpaired) electrons. The Hall–Kier alpha value is -1.75. The number of benzene rings is 1. The molecule has 114 valence electrons. The van der Waals surface area contributed by atoms with E-state index in [4.69, 9.17) is 16.3 Å². The summed E-state index contributed by atoms with van der Waals surface area (Å²) in [5.41, 5.74) is 0.623. The molecule has 1 aliphatic rings. The lowest BCUT2D eigenvalue weighted by Gasteiger charge is -2.32. The Balaban J connectivity index is 1.92. The highest BCUT2D eigenvalue weighted by Gasteiger charge is 2.24. The Morgan fingerprint density at radius 2 is 2.10 bits per heavy atom. The zero-order chi connectivity index (χ0) is 15.2. The number of methoxy groups -OCH3 is 1. The van der Waals surface area contributed by atoms with Gasteiger partial charge in [0.05, 0.1) is 7.11 Å². The number of nitrogens with one attached hydrogen (secondary N) is 1. The van der Waals surface area contributed by atoms with E-state index in [2.05, 4.69) is 5.32 Å². The van der Waals surface area contributed by atoms with Crippen molar-refractivity contribution in [3.63, 3.8) is 0 Å². The molecule has 1 aromatic carbocycles. The molecule has 1 N–H and O–H groups in total. The van der Waals surface area contributed by atoms with Crippen LogP contribution in [-0.2, 0) is 4.79 Å². The van der Waals surface area contributed by atoms with Crippen molar-refractivity contribution in [3.05, 3.63) is 29.8 Å². The minimum absolute atomic E-state index is 0.00369. The number of rotatable bonds is 4. The summed E-state index contributed by atoms with van der Waals surface area (Å²) in [6, 6.07) is 7.24. The number of hydrogen-bond donors (Lipinski definition) is 1. The fourth-order valence-electron chi connectivity index (χ4n) is 2.43. The van der Waals surface area contributed by atoms with E-state index in [9.17, 15) is 9.59 Å². The zero-order valence-corrected chi connectivity index (χ0v) is 12.7. The molecule has 0 saturated carbocycles. The van der Waals surface area contributed by atoms with Crippen LogP contribution in [0.25, 0.3) is 0 Å². The van der Waals surface area contributed by atoms with E-state index >= 15 is 0 Å². The normalized spacial score (nSPS) is 15.6. The summed E-state index contributed by atoms with van der Waals surface area (Å²) in [7, 11) is 1.58. The molecule has 2 amide bonds. The van der Waals surface area contributed by atoms with Crippen molar-refractivity contribution in [3.8, 4) is 5.75 Å². The van der Waals surface area contributed by atoms with Gasteiger partial charge in [-0.3, -0.25) is 9.59 Å². The second-order valence-electron chi connectivity index (χ2n) is 5.00. The summed E-state index contributed by atoms with van der Waals surface area (Å²) in [5.74, 6) is 0.485. The molecular weight excluding hydrogens is 292 g/mol. The number of nitrogens with zero attached hydrogens (tertiary/aromatic N) is 1. The number of amides is 2. The number of alkyl halides is 1. The van der Waals surface area contributed by atoms with Crippen LogP contribution in [-0.4, -0.2) is 48.8 Å². The minimum Gasteiger partial charge on any atom is -0.497 e. The molecule has 6 heteroatoms. The van der Waals surface area contributed by atoms with Gasteiger partial charge in [-0.2, -0.15) is 0 Å². The van der Waals surface area contributed by atoms with Crippen molar-refractivity contribution in [2.45, 2.75) is 18.9 Å². The lowest BCUT2D eigenvalue weighted by molar-refractivity contribution is -0.119. The van der Waals surface area contributed by atoms with Crippen LogP contribution in [0.4, 0.5) is 0 Å². The molecule has 1 aliphatic heterocycles. The summed E-state index contributed by atoms with van der Waals surface area (Å²) >= 11 is 5.47. The largest absolute Gasteiger partial charge is 0.497 e. The van der Waals surface area contributed by atoms with Crippen LogP contribution < -0.4 is 10.1 Å². The molecule has 0 bridgehead atoms. The number of carbonyl (C=O) groups excluding carboxylic acids is 2. The number of halogens is 1. The average molecular weight is 311 g/mol. The predicted molar refractivity (Wildman–Crippen MR) is 80.8 cm³/mol. The van der Waals surface area contributed by atoms with Crippen LogP contribution in [0.3, 0.4) is 0 Å². The van der Waals surface area contributed by atoms with E-state index in [-0.39, 0.29) is 23.7 Å². The first-order valence-electron chi connectivity index (χ1n) is 6.92. The van der Waals surface area contributed by atoms with Crippen LogP contribution in [0.15, 0.2) is 24.3 Å². The molecule has 0 spiro atoms. The quantitative estimate of drug-likeness (QED) is 0.860. The Bertz CT molecular complexity index is 513. The topological polar surface area (TPSA) is 58.6 Å². The van der Waals surface area contributed by atoms with Gasteiger partial charge in [0.25, 0.3) is 5.91 Å². The standard InChI is InChI=1S/C15H19ClN2O3/c1-21-13-4-2-3-11(9-13)15(20)18-7-5-12(6-8-18)17-14(19)10-16/h2-4,9,12H,5-8,10H2,1H3,(H,17,19). The van der Waals surface area contributed by atoms with Crippen LogP contribution in [0.2, 0.25) is 0 Å². The fraction of sp³-hybridized carbons (Fsp3) is 0.467. The van der Waals surface area contributed by atoms with Gasteiger partial charge < -0.3 is 15.0 Å². The molecule has 21 heavy (non-hydrogen) atoms. The van der Waals surface area contributed by atoms with Gasteiger partial charge in [0, 0.05) is 24.7 Å². The van der Waals surface area contributed by atoms with Crippen molar-refractivity contribution >= 4 is 23.4 Å². The fourth-order valence-corrected chi connectivity index (χ4v) is 2.51. The van der Waals surface area contributed by atoms with Crippen molar-refractivity contribution in [2.24, 2.45) is 0 Å². The second-order valence-corrected chi connectivity index (χ2v) is 5.27. The molecule has 5 nitrogen and oxygen atoms in total. The Labute approximate surface area is 129 Å². The van der Waals surface area contributed by atoms with Gasteiger partial charge in [0.2, 0.25) is 5.91 Å². The number of ether oxygens (including phenoxy) is 1. The number of piperidine rings is 1. The molecular formula is C15H19ClN2O3. The SMILES string of the molecule is COc1cccc(C(=O)N2CCC(NC(=O)CCl)CC2)c1. The first-order valence-corrected chi connectivity index (χ1v) is 7.46. The Morgan fingerprint density at radius 1 is 1.38 bits per heavy atom. The van der Waals surface area contributed by atoms with Gasteiger partial charge in [0.1, 0.15) is 11.6 Å². The van der Waals surface area contributed by atoms with Gasteiger partial charge in [0.15, 0.2) is 0 Å². The monoisotopic (exact) mass is 310 g/mol. The third-order valence-corrected chi connectivity index (χ3v) is 3.83. The lowest BCUT2D eigenvalue weighted by Crippen LogP contribution is -2.46. The molecule has 0 aromatic heterocycles. The maximum absolute atomic E-state index is 12.4. The molecule has 1 saturated heterocycles. The first kappa shape index (κ1) is 15.6. The molecule has 0 aliphatic carbocycles. The van der Waals surface area contributed by atoms with Crippen LogP contribution in [0.5, 0.6) is 5.75 Å². The van der Waals surface area contributed by atoms with Crippen LogP contribution in [0, 0.1) is 0 Å². The second kappa shape index (κ2) is 7.31. The summed E-state index contributed by atoms with van der Waals surface area (Å²) in [4.78, 5) is 25.5. The van der Waals surface area contributed by atoms with Crippen molar-refractivity contribution in [2.75, 3.05) is 26.1 Å². The van der Waals surface area contributed by atoms with Crippen molar-refractivity contribution in [1.29, 1.82) is 0 Å². The van der Waals surface area contributed by atoms with Gasteiger partial charge >= 0.3 is 0 Å². The minimum atomic E-state index is -0.158. The molecule has 1 heterocycles. The van der Waals surface area contributed by atoms with Crippen LogP contribution in [0.1, 0.15) is 23.2 Å². The lowest BCUT2D eigenvalue weighted by atomic mass is 10.0. The van der Waals surface area contributed by atoms with Gasteiger partial charge in [-0.1, -0.05) is 6.07 Å². The zero-order valence-electron chi connectivity index (χ0n) is 12.0. The number of hydrogen-bond acceptors (Lipinski definition) is 3. The van der Waals surface area contributed by atoms with Crippen molar-refractivity contribution in [1.82, 2.24) is 10.2 Å². The third-order valence-electron chi connectivity index (χ3n) is 3.59. The first-order chi connectivity index (χ1) is 10.1. The van der Waals surface area contributed by atoms with E-state index in [1.165, 1.54) is 0 Å². The van der Waals surface area contributed by atoms with Crippen molar-refractivity contribution < 1.29 is 14.3 Å². The van der Waals surface area contributed by atoms with E-state index in [1.54, 1.807) is 30.2 Å². The summed E-state index contributed by atoms with van der Waals surface area (Å²) < 4.78 is 5.13. The Kier molecular flexibility index (Phi) is 5.44. The molecule has 2 rings (SSSR count). The highest BCUT2D eigenvalue weighted by molar-refractivity contribution is 6.27. The van der Waals surface area contributed by atoms with E-state index in [1.807, 2.05) is 6.07 Å². The summed E-state index contributed by atoms with van der Waals surface area (Å²) in [6.07, 6.45) is 1.50. The van der Waals surface area contributed by atoms with E-state index in [0.717, 1.165) is 12.8 Å². The van der Waals surface area contributed by atoms with E-state index < -0.39 is 0 Å². The predicted octanol–water partition coefficient (Wildman–Crippen LogP) is 1.65. The smallest absolute Gasteiger partial charge is 0.253 e. The van der Waals surface area contributed by atoms with Gasteiger partial charge in [-0.05, 0) is 31.0 Å². The van der Waals surface area contributed by atoms with Crippen LogP contribution >= 0.6 is 11.6 Å². The third kappa shape index (κ3) is 4.11. The average Bonchev–Trinajstić information content (AvgIpc) is 2.54. The Morgan fingerprint density at radius 3 is 2.71 bits per heavy atom. The molecule has 0 unspecified atom stereocenters.